The molecular formula is C23H22ClN5O4. The second kappa shape index (κ2) is 8.76. The molecule has 9 nitrogen and oxygen atoms in total. The fourth-order valence-corrected chi connectivity index (χ4v) is 3.40. The van der Waals surface area contributed by atoms with Crippen LogP contribution < -0.4 is 10.3 Å². The van der Waals surface area contributed by atoms with Gasteiger partial charge < -0.3 is 14.3 Å². The molecule has 0 bridgehead atoms. The van der Waals surface area contributed by atoms with Crippen molar-refractivity contribution in [3.63, 3.8) is 0 Å². The van der Waals surface area contributed by atoms with Crippen LogP contribution in [0.15, 0.2) is 52.0 Å². The van der Waals surface area contributed by atoms with Crippen LogP contribution in [0.5, 0.6) is 5.88 Å². The standard InChI is InChI=1S/C23H22ClN5O4/c1-13-26-20(33-12-16-11-32-14(2)27-16)19(24)21(30)29(13)17-7-5-6-15(10-17)18-8-9-25-22(28-18)23(3,4)31/h5-11,31H,12H2,1-4H3. The molecule has 0 aliphatic heterocycles. The molecule has 170 valence electrons. The number of hydrogen-bond acceptors (Lipinski definition) is 8. The third-order valence-electron chi connectivity index (χ3n) is 4.79. The van der Waals surface area contributed by atoms with Gasteiger partial charge in [0.2, 0.25) is 5.88 Å². The van der Waals surface area contributed by atoms with Gasteiger partial charge in [-0.2, -0.15) is 4.98 Å². The zero-order chi connectivity index (χ0) is 23.8. The van der Waals surface area contributed by atoms with Gasteiger partial charge in [0.05, 0.1) is 11.4 Å². The van der Waals surface area contributed by atoms with E-state index < -0.39 is 11.2 Å². The number of halogens is 1. The number of ether oxygens (including phenoxy) is 1. The monoisotopic (exact) mass is 467 g/mol. The number of oxazole rings is 1. The zero-order valence-corrected chi connectivity index (χ0v) is 19.3. The van der Waals surface area contributed by atoms with Gasteiger partial charge in [0.25, 0.3) is 5.56 Å². The molecular weight excluding hydrogens is 446 g/mol. The predicted octanol–water partition coefficient (Wildman–Crippen LogP) is 3.75. The minimum atomic E-state index is -1.18. The second-order valence-corrected chi connectivity index (χ2v) is 8.32. The Bertz CT molecular complexity index is 1370. The first-order valence-corrected chi connectivity index (χ1v) is 10.5. The lowest BCUT2D eigenvalue weighted by Gasteiger charge is -2.16. The highest BCUT2D eigenvalue weighted by molar-refractivity contribution is 6.31. The van der Waals surface area contributed by atoms with Crippen molar-refractivity contribution >= 4 is 11.6 Å². The molecule has 3 heterocycles. The van der Waals surface area contributed by atoms with Crippen molar-refractivity contribution in [2.75, 3.05) is 0 Å². The Morgan fingerprint density at radius 1 is 1.18 bits per heavy atom. The molecule has 1 aromatic carbocycles. The minimum Gasteiger partial charge on any atom is -0.470 e. The summed E-state index contributed by atoms with van der Waals surface area (Å²) in [5.74, 6) is 1.23. The topological polar surface area (TPSA) is 116 Å². The lowest BCUT2D eigenvalue weighted by atomic mass is 10.1. The predicted molar refractivity (Wildman–Crippen MR) is 121 cm³/mol. The molecule has 4 aromatic rings. The fraction of sp³-hybridized carbons (Fsp3) is 0.261. The smallest absolute Gasteiger partial charge is 0.280 e. The van der Waals surface area contributed by atoms with Gasteiger partial charge in [0.1, 0.15) is 30.0 Å². The first kappa shape index (κ1) is 22.6. The van der Waals surface area contributed by atoms with E-state index in [-0.39, 0.29) is 17.5 Å². The number of rotatable bonds is 6. The Kier molecular flexibility index (Phi) is 6.01. The summed E-state index contributed by atoms with van der Waals surface area (Å²) in [7, 11) is 0. The van der Waals surface area contributed by atoms with Crippen LogP contribution in [-0.4, -0.2) is 29.6 Å². The zero-order valence-electron chi connectivity index (χ0n) is 18.5. The van der Waals surface area contributed by atoms with Crippen molar-refractivity contribution in [1.29, 1.82) is 0 Å². The molecule has 1 N–H and O–H groups in total. The maximum Gasteiger partial charge on any atom is 0.280 e. The molecule has 0 saturated carbocycles. The molecule has 0 aliphatic rings. The molecule has 4 rings (SSSR count). The Hall–Kier alpha value is -3.56. The summed E-state index contributed by atoms with van der Waals surface area (Å²) in [6.45, 7) is 6.72. The molecule has 0 saturated heterocycles. The summed E-state index contributed by atoms with van der Waals surface area (Å²) in [4.78, 5) is 30.2. The van der Waals surface area contributed by atoms with Crippen LogP contribution in [0.25, 0.3) is 16.9 Å². The van der Waals surface area contributed by atoms with E-state index in [0.717, 1.165) is 5.56 Å². The number of aliphatic hydroxyl groups is 1. The number of aromatic nitrogens is 5. The van der Waals surface area contributed by atoms with Crippen molar-refractivity contribution in [1.82, 2.24) is 24.5 Å². The molecule has 10 heteroatoms. The molecule has 3 aromatic heterocycles. The lowest BCUT2D eigenvalue weighted by molar-refractivity contribution is 0.0688. The van der Waals surface area contributed by atoms with E-state index in [1.165, 1.54) is 10.8 Å². The normalized spacial score (nSPS) is 11.6. The summed E-state index contributed by atoms with van der Waals surface area (Å²) in [5, 5.41) is 10.1. The molecule has 0 radical (unpaired) electrons. The van der Waals surface area contributed by atoms with Crippen LogP contribution in [0.1, 0.15) is 37.1 Å². The Morgan fingerprint density at radius 3 is 2.67 bits per heavy atom. The van der Waals surface area contributed by atoms with Gasteiger partial charge >= 0.3 is 0 Å². The van der Waals surface area contributed by atoms with E-state index in [9.17, 15) is 9.90 Å². The minimum absolute atomic E-state index is 0.0258. The van der Waals surface area contributed by atoms with E-state index in [1.807, 2.05) is 6.07 Å². The van der Waals surface area contributed by atoms with Crippen molar-refractivity contribution < 1.29 is 14.3 Å². The Morgan fingerprint density at radius 2 is 1.97 bits per heavy atom. The van der Waals surface area contributed by atoms with Crippen LogP contribution in [0, 0.1) is 13.8 Å². The molecule has 33 heavy (non-hydrogen) atoms. The first-order valence-electron chi connectivity index (χ1n) is 10.1. The number of benzene rings is 1. The number of hydrogen-bond donors (Lipinski definition) is 1. The summed E-state index contributed by atoms with van der Waals surface area (Å²) in [6.07, 6.45) is 3.06. The van der Waals surface area contributed by atoms with E-state index in [2.05, 4.69) is 19.9 Å². The second-order valence-electron chi connectivity index (χ2n) is 7.94. The SMILES string of the molecule is Cc1nc(COc2nc(C)n(-c3cccc(-c4ccnc(C(C)(C)O)n4)c3)c(=O)c2Cl)co1. The van der Waals surface area contributed by atoms with Crippen molar-refractivity contribution in [2.24, 2.45) is 0 Å². The van der Waals surface area contributed by atoms with E-state index in [0.29, 0.717) is 34.6 Å². The molecule has 0 amide bonds. The lowest BCUT2D eigenvalue weighted by Crippen LogP contribution is -2.23. The third-order valence-corrected chi connectivity index (χ3v) is 5.12. The number of aryl methyl sites for hydroxylation is 2. The number of nitrogens with zero attached hydrogens (tertiary/aromatic N) is 5. The summed E-state index contributed by atoms with van der Waals surface area (Å²) >= 11 is 6.31. The van der Waals surface area contributed by atoms with Gasteiger partial charge in [0, 0.05) is 18.7 Å². The highest BCUT2D eigenvalue weighted by Crippen LogP contribution is 2.25. The van der Waals surface area contributed by atoms with Gasteiger partial charge in [-0.1, -0.05) is 23.7 Å². The summed E-state index contributed by atoms with van der Waals surface area (Å²) in [5.41, 5.74) is 0.828. The van der Waals surface area contributed by atoms with Crippen LogP contribution in [0.2, 0.25) is 5.02 Å². The highest BCUT2D eigenvalue weighted by Gasteiger charge is 2.20. The van der Waals surface area contributed by atoms with E-state index >= 15 is 0 Å². The molecule has 0 spiro atoms. The Labute approximate surface area is 194 Å². The molecule has 0 fully saturated rings. The fourth-order valence-electron chi connectivity index (χ4n) is 3.22. The van der Waals surface area contributed by atoms with Crippen LogP contribution >= 0.6 is 11.6 Å². The van der Waals surface area contributed by atoms with Gasteiger partial charge in [-0.25, -0.2) is 15.0 Å². The summed E-state index contributed by atoms with van der Waals surface area (Å²) < 4.78 is 12.2. The van der Waals surface area contributed by atoms with Gasteiger partial charge in [-0.15, -0.1) is 0 Å². The van der Waals surface area contributed by atoms with Gasteiger partial charge in [-0.05, 0) is 39.0 Å². The van der Waals surface area contributed by atoms with Crippen molar-refractivity contribution in [2.45, 2.75) is 39.9 Å². The Balaban J connectivity index is 1.69. The van der Waals surface area contributed by atoms with Crippen LogP contribution in [0.4, 0.5) is 0 Å². The van der Waals surface area contributed by atoms with Crippen LogP contribution in [0.3, 0.4) is 0 Å². The maximum absolute atomic E-state index is 13.1. The maximum atomic E-state index is 13.1. The average Bonchev–Trinajstić information content (AvgIpc) is 3.20. The first-order chi connectivity index (χ1) is 15.6. The summed E-state index contributed by atoms with van der Waals surface area (Å²) in [6, 6.07) is 8.95. The third kappa shape index (κ3) is 4.79. The van der Waals surface area contributed by atoms with Gasteiger partial charge in [0.15, 0.2) is 16.7 Å². The van der Waals surface area contributed by atoms with Gasteiger partial charge in [-0.3, -0.25) is 9.36 Å². The van der Waals surface area contributed by atoms with E-state index in [1.54, 1.807) is 58.2 Å². The van der Waals surface area contributed by atoms with Crippen molar-refractivity contribution in [3.8, 4) is 22.8 Å². The average molecular weight is 468 g/mol. The molecule has 0 unspecified atom stereocenters. The highest BCUT2D eigenvalue weighted by atomic mass is 35.5. The quantitative estimate of drug-likeness (QED) is 0.455. The van der Waals surface area contributed by atoms with E-state index in [4.69, 9.17) is 20.8 Å². The largest absolute Gasteiger partial charge is 0.470 e. The molecule has 0 atom stereocenters. The molecule has 0 aliphatic carbocycles. The van der Waals surface area contributed by atoms with Crippen LogP contribution in [-0.2, 0) is 12.2 Å². The van der Waals surface area contributed by atoms with Crippen molar-refractivity contribution in [3.05, 3.63) is 81.4 Å².